The Hall–Kier alpha value is -0.0400. The molecule has 1 unspecified atom stereocenters. The van der Waals surface area contributed by atoms with Crippen LogP contribution < -0.4 is 5.73 Å². The summed E-state index contributed by atoms with van der Waals surface area (Å²) in [7, 11) is 0. The lowest BCUT2D eigenvalue weighted by Crippen LogP contribution is -2.58. The van der Waals surface area contributed by atoms with Gasteiger partial charge in [0, 0.05) is 5.54 Å². The highest BCUT2D eigenvalue weighted by Gasteiger charge is 2.62. The molecular weight excluding hydrogens is 266 g/mol. The summed E-state index contributed by atoms with van der Waals surface area (Å²) in [6, 6.07) is 0. The van der Waals surface area contributed by atoms with Crippen molar-refractivity contribution in [2.45, 2.75) is 96.9 Å². The summed E-state index contributed by atoms with van der Waals surface area (Å²) >= 11 is 0. The molecule has 1 nitrogen and oxygen atoms in total. The summed E-state index contributed by atoms with van der Waals surface area (Å²) in [5, 5.41) is 0. The van der Waals surface area contributed by atoms with Gasteiger partial charge in [0.15, 0.2) is 0 Å². The van der Waals surface area contributed by atoms with Crippen LogP contribution in [-0.4, -0.2) is 5.54 Å². The zero-order valence-corrected chi connectivity index (χ0v) is 15.2. The van der Waals surface area contributed by atoms with Crippen LogP contribution >= 0.6 is 0 Å². The van der Waals surface area contributed by atoms with Gasteiger partial charge >= 0.3 is 0 Å². The van der Waals surface area contributed by atoms with Crippen LogP contribution in [-0.2, 0) is 0 Å². The van der Waals surface area contributed by atoms with Gasteiger partial charge < -0.3 is 5.73 Å². The van der Waals surface area contributed by atoms with Crippen molar-refractivity contribution in [3.05, 3.63) is 0 Å². The van der Waals surface area contributed by atoms with Crippen LogP contribution in [0.5, 0.6) is 0 Å². The Balaban J connectivity index is 1.65. The van der Waals surface area contributed by atoms with Crippen LogP contribution in [0.15, 0.2) is 0 Å². The fourth-order valence-corrected chi connectivity index (χ4v) is 8.05. The van der Waals surface area contributed by atoms with Gasteiger partial charge in [0.1, 0.15) is 0 Å². The standard InChI is InChI=1S/C21H37N/c1-4-21(22)14-11-18-16-9-8-15-7-5-6-12-19(15,2)17(16)10-13-20(18,21)3/h15-18H,4-14,22H2,1-3H3/t15?,16-,17+,18+,19+,20+,21-/m1/s1. The molecule has 4 fully saturated rings. The Bertz CT molecular complexity index is 443. The summed E-state index contributed by atoms with van der Waals surface area (Å²) in [5.74, 6) is 3.98. The first-order valence-electron chi connectivity index (χ1n) is 10.2. The van der Waals surface area contributed by atoms with E-state index in [1.807, 2.05) is 0 Å². The van der Waals surface area contributed by atoms with Crippen LogP contribution in [0, 0.1) is 34.5 Å². The average molecular weight is 304 g/mol. The maximum absolute atomic E-state index is 6.93. The van der Waals surface area contributed by atoms with E-state index in [2.05, 4.69) is 20.8 Å². The Morgan fingerprint density at radius 2 is 1.64 bits per heavy atom. The van der Waals surface area contributed by atoms with Crippen molar-refractivity contribution in [1.29, 1.82) is 0 Å². The van der Waals surface area contributed by atoms with E-state index in [0.717, 1.165) is 23.7 Å². The lowest BCUT2D eigenvalue weighted by molar-refractivity contribution is -0.114. The molecule has 0 aromatic heterocycles. The third-order valence-electron chi connectivity index (χ3n) is 9.64. The summed E-state index contributed by atoms with van der Waals surface area (Å²) in [6.07, 6.45) is 15.8. The molecule has 1 heteroatoms. The summed E-state index contributed by atoms with van der Waals surface area (Å²) < 4.78 is 0. The molecule has 7 atom stereocenters. The molecule has 0 aliphatic heterocycles. The lowest BCUT2D eigenvalue weighted by atomic mass is 9.44. The number of fused-ring (bicyclic) bond motifs is 5. The maximum atomic E-state index is 6.93. The minimum Gasteiger partial charge on any atom is -0.325 e. The largest absolute Gasteiger partial charge is 0.325 e. The predicted octanol–water partition coefficient (Wildman–Crippen LogP) is 5.53. The molecule has 0 saturated heterocycles. The van der Waals surface area contributed by atoms with Crippen molar-refractivity contribution in [3.8, 4) is 0 Å². The van der Waals surface area contributed by atoms with Gasteiger partial charge in [-0.25, -0.2) is 0 Å². The van der Waals surface area contributed by atoms with Gasteiger partial charge in [-0.2, -0.15) is 0 Å². The van der Waals surface area contributed by atoms with Crippen molar-refractivity contribution in [3.63, 3.8) is 0 Å². The first-order valence-corrected chi connectivity index (χ1v) is 10.2. The molecule has 0 aromatic carbocycles. The highest BCUT2D eigenvalue weighted by atomic mass is 14.8. The van der Waals surface area contributed by atoms with Crippen LogP contribution in [0.2, 0.25) is 0 Å². The predicted molar refractivity (Wildman–Crippen MR) is 93.6 cm³/mol. The lowest BCUT2D eigenvalue weighted by Gasteiger charge is -2.61. The van der Waals surface area contributed by atoms with E-state index in [1.165, 1.54) is 70.6 Å². The highest BCUT2D eigenvalue weighted by Crippen LogP contribution is 2.68. The molecule has 126 valence electrons. The zero-order chi connectivity index (χ0) is 15.6. The van der Waals surface area contributed by atoms with Crippen molar-refractivity contribution >= 4 is 0 Å². The second-order valence-electron chi connectivity index (χ2n) is 9.91. The molecule has 4 aliphatic carbocycles. The first-order chi connectivity index (χ1) is 10.4. The Labute approximate surface area is 137 Å². The molecule has 4 aliphatic rings. The van der Waals surface area contributed by atoms with Crippen molar-refractivity contribution in [1.82, 2.24) is 0 Å². The second kappa shape index (κ2) is 4.98. The Kier molecular flexibility index (Phi) is 3.50. The van der Waals surface area contributed by atoms with E-state index in [-0.39, 0.29) is 5.54 Å². The third kappa shape index (κ3) is 1.81. The summed E-state index contributed by atoms with van der Waals surface area (Å²) in [5.41, 5.74) is 8.17. The van der Waals surface area contributed by atoms with E-state index < -0.39 is 0 Å². The smallest absolute Gasteiger partial charge is 0.0208 e. The normalized spacial score (nSPS) is 57.8. The van der Waals surface area contributed by atoms with Crippen molar-refractivity contribution in [2.75, 3.05) is 0 Å². The van der Waals surface area contributed by atoms with Crippen LogP contribution in [0.4, 0.5) is 0 Å². The summed E-state index contributed by atoms with van der Waals surface area (Å²) in [6.45, 7) is 7.58. The molecule has 0 radical (unpaired) electrons. The van der Waals surface area contributed by atoms with E-state index in [0.29, 0.717) is 10.8 Å². The van der Waals surface area contributed by atoms with Gasteiger partial charge in [-0.15, -0.1) is 0 Å². The minimum absolute atomic E-state index is 0.132. The molecule has 0 amide bonds. The van der Waals surface area contributed by atoms with E-state index in [1.54, 1.807) is 0 Å². The van der Waals surface area contributed by atoms with Gasteiger partial charge in [0.05, 0.1) is 0 Å². The average Bonchev–Trinajstić information content (AvgIpc) is 2.79. The van der Waals surface area contributed by atoms with Crippen molar-refractivity contribution in [2.24, 2.45) is 40.2 Å². The number of rotatable bonds is 1. The molecule has 2 N–H and O–H groups in total. The topological polar surface area (TPSA) is 26.0 Å². The SMILES string of the molecule is CC[C@@]1(N)CC[C@H]2[C@@H]3CCC4CCCC[C@]4(C)[C@H]3CC[C@@]21C. The molecule has 0 heterocycles. The Morgan fingerprint density at radius 3 is 2.41 bits per heavy atom. The van der Waals surface area contributed by atoms with Gasteiger partial charge in [-0.3, -0.25) is 0 Å². The minimum atomic E-state index is 0.132. The molecule has 22 heavy (non-hydrogen) atoms. The fourth-order valence-electron chi connectivity index (χ4n) is 8.05. The number of hydrogen-bond donors (Lipinski definition) is 1. The molecule has 0 spiro atoms. The monoisotopic (exact) mass is 303 g/mol. The number of nitrogens with two attached hydrogens (primary N) is 1. The van der Waals surface area contributed by atoms with E-state index in [9.17, 15) is 0 Å². The van der Waals surface area contributed by atoms with Gasteiger partial charge in [0.25, 0.3) is 0 Å². The first kappa shape index (κ1) is 15.5. The van der Waals surface area contributed by atoms with Crippen LogP contribution in [0.3, 0.4) is 0 Å². The van der Waals surface area contributed by atoms with Gasteiger partial charge in [0.2, 0.25) is 0 Å². The van der Waals surface area contributed by atoms with E-state index in [4.69, 9.17) is 5.73 Å². The van der Waals surface area contributed by atoms with Gasteiger partial charge in [-0.1, -0.05) is 33.6 Å². The molecule has 0 aromatic rings. The van der Waals surface area contributed by atoms with Gasteiger partial charge in [-0.05, 0) is 92.3 Å². The quantitative estimate of drug-likeness (QED) is 0.677. The zero-order valence-electron chi connectivity index (χ0n) is 15.2. The Morgan fingerprint density at radius 1 is 0.864 bits per heavy atom. The molecule has 4 rings (SSSR count). The maximum Gasteiger partial charge on any atom is 0.0208 e. The third-order valence-corrected chi connectivity index (χ3v) is 9.64. The van der Waals surface area contributed by atoms with Crippen molar-refractivity contribution < 1.29 is 0 Å². The highest BCUT2D eigenvalue weighted by molar-refractivity contribution is 5.15. The molecule has 4 saturated carbocycles. The van der Waals surface area contributed by atoms with Crippen LogP contribution in [0.1, 0.15) is 91.4 Å². The second-order valence-corrected chi connectivity index (χ2v) is 9.91. The fraction of sp³-hybridized carbons (Fsp3) is 1.00. The molecular formula is C21H37N. The van der Waals surface area contributed by atoms with Crippen LogP contribution in [0.25, 0.3) is 0 Å². The summed E-state index contributed by atoms with van der Waals surface area (Å²) in [4.78, 5) is 0. The van der Waals surface area contributed by atoms with E-state index >= 15 is 0 Å². The molecule has 0 bridgehead atoms. The number of hydrogen-bond acceptors (Lipinski definition) is 1.